The average Bonchev–Trinajstić information content (AvgIpc) is 3.59. The lowest BCUT2D eigenvalue weighted by atomic mass is 9.85. The van der Waals surface area contributed by atoms with Gasteiger partial charge in [-0.1, -0.05) is 35.9 Å². The maximum atomic E-state index is 13.0. The second-order valence-corrected chi connectivity index (χ2v) is 9.82. The first-order valence-electron chi connectivity index (χ1n) is 11.9. The van der Waals surface area contributed by atoms with Gasteiger partial charge in [-0.15, -0.1) is 0 Å². The molecule has 1 saturated heterocycles. The minimum Gasteiger partial charge on any atom is -0.489 e. The van der Waals surface area contributed by atoms with E-state index in [0.29, 0.717) is 29.5 Å². The van der Waals surface area contributed by atoms with Gasteiger partial charge in [0.15, 0.2) is 0 Å². The number of carbonyl (C=O) groups excluding carboxylic acids is 2. The summed E-state index contributed by atoms with van der Waals surface area (Å²) in [5.74, 6) is 1.18. The Hall–Kier alpha value is -4.17. The van der Waals surface area contributed by atoms with Crippen molar-refractivity contribution >= 4 is 34.8 Å². The molecule has 6 rings (SSSR count). The van der Waals surface area contributed by atoms with Gasteiger partial charge in [0.2, 0.25) is 11.8 Å². The molecule has 8 nitrogen and oxygen atoms in total. The Morgan fingerprint density at radius 2 is 1.51 bits per heavy atom. The number of fused-ring (bicyclic) bond motifs is 5. The van der Waals surface area contributed by atoms with Crippen molar-refractivity contribution in [2.75, 3.05) is 4.90 Å². The molecule has 3 aliphatic rings. The smallest absolute Gasteiger partial charge is 0.271 e. The van der Waals surface area contributed by atoms with E-state index in [1.165, 1.54) is 23.1 Å². The number of non-ortho nitro benzene ring substituents is 1. The molecule has 1 aliphatic heterocycles. The highest BCUT2D eigenvalue weighted by Crippen LogP contribution is 2.53. The topological polar surface area (TPSA) is 99.0 Å². The highest BCUT2D eigenvalue weighted by molar-refractivity contribution is 6.32. The molecular weight excluding hydrogens is 496 g/mol. The average molecular weight is 517 g/mol. The first-order chi connectivity index (χ1) is 17.9. The SMILES string of the molecule is O=C1C2C3C=CC(C3)C2C(=O)N1c1ccc(OCc2ccc(Oc3ccc([N+](=O)[O-])cc3Cl)cc2)cc1. The molecule has 0 radical (unpaired) electrons. The van der Waals surface area contributed by atoms with Gasteiger partial charge in [0, 0.05) is 12.1 Å². The van der Waals surface area contributed by atoms with Crippen LogP contribution in [0, 0.1) is 33.8 Å². The zero-order chi connectivity index (χ0) is 25.7. The van der Waals surface area contributed by atoms with Crippen molar-refractivity contribution < 1.29 is 24.0 Å². The van der Waals surface area contributed by atoms with Gasteiger partial charge in [-0.05, 0) is 66.3 Å². The molecule has 2 bridgehead atoms. The summed E-state index contributed by atoms with van der Waals surface area (Å²) in [6.45, 7) is 0.304. The van der Waals surface area contributed by atoms with Gasteiger partial charge in [-0.2, -0.15) is 0 Å². The maximum Gasteiger partial charge on any atom is 0.271 e. The predicted molar refractivity (Wildman–Crippen MR) is 136 cm³/mol. The molecule has 2 amide bonds. The van der Waals surface area contributed by atoms with E-state index in [9.17, 15) is 19.7 Å². The van der Waals surface area contributed by atoms with Crippen LogP contribution >= 0.6 is 11.6 Å². The fourth-order valence-corrected chi connectivity index (χ4v) is 5.70. The van der Waals surface area contributed by atoms with Crippen LogP contribution in [-0.4, -0.2) is 16.7 Å². The van der Waals surface area contributed by atoms with Crippen LogP contribution in [0.4, 0.5) is 11.4 Å². The molecule has 3 aromatic carbocycles. The molecule has 4 atom stereocenters. The van der Waals surface area contributed by atoms with E-state index < -0.39 is 4.92 Å². The van der Waals surface area contributed by atoms with Gasteiger partial charge in [-0.3, -0.25) is 24.6 Å². The Kier molecular flexibility index (Phi) is 5.68. The molecule has 1 saturated carbocycles. The third kappa shape index (κ3) is 4.13. The Morgan fingerprint density at radius 1 is 0.892 bits per heavy atom. The number of allylic oxidation sites excluding steroid dienone is 2. The van der Waals surface area contributed by atoms with Crippen LogP contribution in [0.25, 0.3) is 0 Å². The molecule has 1 heterocycles. The Labute approximate surface area is 217 Å². The molecule has 37 heavy (non-hydrogen) atoms. The summed E-state index contributed by atoms with van der Waals surface area (Å²) in [5.41, 5.74) is 1.36. The van der Waals surface area contributed by atoms with Crippen molar-refractivity contribution in [2.24, 2.45) is 23.7 Å². The van der Waals surface area contributed by atoms with Crippen LogP contribution in [0.5, 0.6) is 17.2 Å². The number of rotatable bonds is 7. The molecule has 4 unspecified atom stereocenters. The number of anilines is 1. The standard InChI is InChI=1S/C28H21ClN2O6/c29-23-14-20(31(34)35)7-12-24(23)37-22-8-1-16(2-9-22)15-36-21-10-5-19(6-11-21)30-27(32)25-17-3-4-18(13-17)26(25)28(30)33/h1-12,14,17-18,25-26H,13,15H2. The fraction of sp³-hybridized carbons (Fsp3) is 0.214. The zero-order valence-electron chi connectivity index (χ0n) is 19.5. The number of carbonyl (C=O) groups is 2. The maximum absolute atomic E-state index is 13.0. The van der Waals surface area contributed by atoms with E-state index in [2.05, 4.69) is 12.2 Å². The van der Waals surface area contributed by atoms with Gasteiger partial charge in [-0.25, -0.2) is 0 Å². The number of nitro groups is 1. The molecule has 0 N–H and O–H groups in total. The summed E-state index contributed by atoms with van der Waals surface area (Å²) in [4.78, 5) is 37.6. The highest BCUT2D eigenvalue weighted by Gasteiger charge is 2.59. The third-order valence-electron chi connectivity index (χ3n) is 7.25. The quantitative estimate of drug-likeness (QED) is 0.167. The number of amides is 2. The first kappa shape index (κ1) is 23.2. The first-order valence-corrected chi connectivity index (χ1v) is 12.3. The number of nitro benzene ring substituents is 1. The highest BCUT2D eigenvalue weighted by atomic mass is 35.5. The van der Waals surface area contributed by atoms with Crippen LogP contribution in [0.15, 0.2) is 78.9 Å². The van der Waals surface area contributed by atoms with E-state index in [1.54, 1.807) is 36.4 Å². The Balaban J connectivity index is 1.06. The minimum atomic E-state index is -0.519. The van der Waals surface area contributed by atoms with Crippen LogP contribution in [0.2, 0.25) is 5.02 Å². The molecule has 0 aromatic heterocycles. The van der Waals surface area contributed by atoms with E-state index in [-0.39, 0.29) is 46.2 Å². The Bertz CT molecular complexity index is 1410. The summed E-state index contributed by atoms with van der Waals surface area (Å²) < 4.78 is 11.6. The van der Waals surface area contributed by atoms with Crippen molar-refractivity contribution in [3.63, 3.8) is 0 Å². The predicted octanol–water partition coefficient (Wildman–Crippen LogP) is 5.93. The van der Waals surface area contributed by atoms with E-state index >= 15 is 0 Å². The van der Waals surface area contributed by atoms with Crippen molar-refractivity contribution in [3.8, 4) is 17.2 Å². The second-order valence-electron chi connectivity index (χ2n) is 9.41. The number of halogens is 1. The van der Waals surface area contributed by atoms with Gasteiger partial charge < -0.3 is 9.47 Å². The number of hydrogen-bond acceptors (Lipinski definition) is 6. The zero-order valence-corrected chi connectivity index (χ0v) is 20.2. The van der Waals surface area contributed by atoms with E-state index in [4.69, 9.17) is 21.1 Å². The second kappa shape index (κ2) is 9.05. The van der Waals surface area contributed by atoms with Crippen LogP contribution in [0.3, 0.4) is 0 Å². The van der Waals surface area contributed by atoms with Crippen molar-refractivity contribution in [3.05, 3.63) is 99.6 Å². The third-order valence-corrected chi connectivity index (χ3v) is 7.54. The van der Waals surface area contributed by atoms with Gasteiger partial charge in [0.25, 0.3) is 5.69 Å². The lowest BCUT2D eigenvalue weighted by Crippen LogP contribution is -2.32. The lowest BCUT2D eigenvalue weighted by Gasteiger charge is -2.17. The normalized spacial score (nSPS) is 23.4. The number of ether oxygens (including phenoxy) is 2. The number of benzene rings is 3. The minimum absolute atomic E-state index is 0.0992. The number of nitrogens with zero attached hydrogens (tertiary/aromatic N) is 2. The van der Waals surface area contributed by atoms with Gasteiger partial charge >= 0.3 is 0 Å². The lowest BCUT2D eigenvalue weighted by molar-refractivity contribution is -0.384. The van der Waals surface area contributed by atoms with Crippen molar-refractivity contribution in [2.45, 2.75) is 13.0 Å². The van der Waals surface area contributed by atoms with Crippen LogP contribution in [-0.2, 0) is 16.2 Å². The van der Waals surface area contributed by atoms with Crippen LogP contribution < -0.4 is 14.4 Å². The summed E-state index contributed by atoms with van der Waals surface area (Å²) in [7, 11) is 0. The molecule has 186 valence electrons. The van der Waals surface area contributed by atoms with Crippen molar-refractivity contribution in [1.29, 1.82) is 0 Å². The van der Waals surface area contributed by atoms with Gasteiger partial charge in [0.05, 0.1) is 27.5 Å². The molecule has 9 heteroatoms. The molecule has 0 spiro atoms. The molecule has 3 aromatic rings. The van der Waals surface area contributed by atoms with Gasteiger partial charge in [0.1, 0.15) is 23.9 Å². The summed E-state index contributed by atoms with van der Waals surface area (Å²) in [5, 5.41) is 11.0. The number of hydrogen-bond donors (Lipinski definition) is 0. The Morgan fingerprint density at radius 3 is 2.11 bits per heavy atom. The summed E-state index contributed by atoms with van der Waals surface area (Å²) in [6, 6.07) is 18.2. The largest absolute Gasteiger partial charge is 0.489 e. The van der Waals surface area contributed by atoms with Crippen molar-refractivity contribution in [1.82, 2.24) is 0 Å². The molecular formula is C28H21ClN2O6. The van der Waals surface area contributed by atoms with E-state index in [0.717, 1.165) is 12.0 Å². The van der Waals surface area contributed by atoms with E-state index in [1.807, 2.05) is 12.1 Å². The summed E-state index contributed by atoms with van der Waals surface area (Å²) >= 11 is 6.09. The monoisotopic (exact) mass is 516 g/mol. The fourth-order valence-electron chi connectivity index (χ4n) is 5.48. The molecule has 2 aliphatic carbocycles. The number of imide groups is 1. The van der Waals surface area contributed by atoms with Crippen LogP contribution in [0.1, 0.15) is 12.0 Å². The summed E-state index contributed by atoms with van der Waals surface area (Å²) in [6.07, 6.45) is 5.08. The molecule has 2 fully saturated rings.